The van der Waals surface area contributed by atoms with Gasteiger partial charge < -0.3 is 5.32 Å². The SMILES string of the molecule is C=CCn1c(SCC(=O)NCC2CC2)nc2scc(-c3cccs3)c2c1=O. The molecule has 0 aliphatic heterocycles. The number of fused-ring (bicyclic) bond motifs is 1. The molecule has 140 valence electrons. The van der Waals surface area contributed by atoms with Crippen LogP contribution in [0.1, 0.15) is 12.8 Å². The monoisotopic (exact) mass is 417 g/mol. The summed E-state index contributed by atoms with van der Waals surface area (Å²) >= 11 is 4.38. The number of thioether (sulfide) groups is 1. The summed E-state index contributed by atoms with van der Waals surface area (Å²) in [4.78, 5) is 31.7. The van der Waals surface area contributed by atoms with Gasteiger partial charge in [0, 0.05) is 28.9 Å². The second-order valence-electron chi connectivity index (χ2n) is 6.44. The zero-order valence-corrected chi connectivity index (χ0v) is 17.1. The number of hydrogen-bond acceptors (Lipinski definition) is 6. The Labute approximate surface area is 169 Å². The number of thiophene rings is 2. The summed E-state index contributed by atoms with van der Waals surface area (Å²) in [7, 11) is 0. The molecule has 0 bridgehead atoms. The fraction of sp³-hybridized carbons (Fsp3) is 0.316. The molecule has 5 nitrogen and oxygen atoms in total. The van der Waals surface area contributed by atoms with Gasteiger partial charge in [0.1, 0.15) is 4.83 Å². The molecule has 8 heteroatoms. The maximum atomic E-state index is 13.2. The zero-order chi connectivity index (χ0) is 18.8. The van der Waals surface area contributed by atoms with Crippen molar-refractivity contribution in [2.24, 2.45) is 5.92 Å². The first-order valence-corrected chi connectivity index (χ1v) is 11.5. The Morgan fingerprint density at radius 3 is 3.00 bits per heavy atom. The van der Waals surface area contributed by atoms with Crippen LogP contribution in [-0.4, -0.2) is 27.8 Å². The molecule has 1 aliphatic carbocycles. The number of carbonyl (C=O) groups excluding carboxylic acids is 1. The van der Waals surface area contributed by atoms with Crippen molar-refractivity contribution in [1.29, 1.82) is 0 Å². The van der Waals surface area contributed by atoms with E-state index in [-0.39, 0.29) is 17.2 Å². The van der Waals surface area contributed by atoms with Gasteiger partial charge in [0.05, 0.1) is 11.1 Å². The Morgan fingerprint density at radius 2 is 2.30 bits per heavy atom. The van der Waals surface area contributed by atoms with E-state index in [9.17, 15) is 9.59 Å². The molecule has 0 unspecified atom stereocenters. The maximum Gasteiger partial charge on any atom is 0.263 e. The molecule has 3 aromatic heterocycles. The lowest BCUT2D eigenvalue weighted by Gasteiger charge is -2.10. The third-order valence-corrected chi connectivity index (χ3v) is 7.13. The minimum atomic E-state index is -0.0783. The van der Waals surface area contributed by atoms with Gasteiger partial charge in [-0.05, 0) is 30.2 Å². The van der Waals surface area contributed by atoms with Crippen LogP contribution in [0, 0.1) is 5.92 Å². The summed E-state index contributed by atoms with van der Waals surface area (Å²) in [5, 5.41) is 8.14. The van der Waals surface area contributed by atoms with Crippen molar-refractivity contribution in [2.45, 2.75) is 24.5 Å². The van der Waals surface area contributed by atoms with E-state index in [4.69, 9.17) is 0 Å². The molecular formula is C19H19N3O2S3. The van der Waals surface area contributed by atoms with E-state index >= 15 is 0 Å². The number of hydrogen-bond donors (Lipinski definition) is 1. The highest BCUT2D eigenvalue weighted by molar-refractivity contribution is 7.99. The van der Waals surface area contributed by atoms with Gasteiger partial charge in [-0.3, -0.25) is 14.2 Å². The predicted octanol–water partition coefficient (Wildman–Crippen LogP) is 3.99. The van der Waals surface area contributed by atoms with Crippen molar-refractivity contribution in [2.75, 3.05) is 12.3 Å². The van der Waals surface area contributed by atoms with Gasteiger partial charge in [-0.1, -0.05) is 23.9 Å². The molecule has 4 rings (SSSR count). The van der Waals surface area contributed by atoms with Crippen LogP contribution in [0.4, 0.5) is 0 Å². The number of rotatable bonds is 8. The Morgan fingerprint density at radius 1 is 1.44 bits per heavy atom. The van der Waals surface area contributed by atoms with Crippen LogP contribution in [0.3, 0.4) is 0 Å². The molecule has 0 atom stereocenters. The van der Waals surface area contributed by atoms with Gasteiger partial charge >= 0.3 is 0 Å². The normalized spacial score (nSPS) is 13.8. The standard InChI is InChI=1S/C19H19N3O2S3/c1-2-7-22-18(24)16-13(14-4-3-8-25-14)10-26-17(16)21-19(22)27-11-15(23)20-9-12-5-6-12/h2-4,8,10,12H,1,5-7,9,11H2,(H,20,23). The quantitative estimate of drug-likeness (QED) is 0.342. The molecule has 1 aliphatic rings. The van der Waals surface area contributed by atoms with Gasteiger partial charge in [0.2, 0.25) is 5.91 Å². The lowest BCUT2D eigenvalue weighted by atomic mass is 10.2. The average Bonchev–Trinajstić information content (AvgIpc) is 3.15. The van der Waals surface area contributed by atoms with E-state index in [1.807, 2.05) is 22.9 Å². The van der Waals surface area contributed by atoms with E-state index in [2.05, 4.69) is 16.9 Å². The Kier molecular flexibility index (Phi) is 5.47. The molecule has 3 aromatic rings. The smallest absolute Gasteiger partial charge is 0.263 e. The van der Waals surface area contributed by atoms with E-state index in [1.165, 1.54) is 35.9 Å². The third kappa shape index (κ3) is 4.02. The fourth-order valence-corrected chi connectivity index (χ4v) is 5.42. The van der Waals surface area contributed by atoms with Crippen LogP contribution in [0.25, 0.3) is 20.7 Å². The van der Waals surface area contributed by atoms with Gasteiger partial charge in [-0.2, -0.15) is 0 Å². The third-order valence-electron chi connectivity index (χ3n) is 4.37. The van der Waals surface area contributed by atoms with Crippen LogP contribution < -0.4 is 10.9 Å². The molecule has 1 saturated carbocycles. The van der Waals surface area contributed by atoms with Crippen LogP contribution in [0.5, 0.6) is 0 Å². The van der Waals surface area contributed by atoms with Crippen LogP contribution >= 0.6 is 34.4 Å². The first-order valence-electron chi connectivity index (χ1n) is 8.73. The summed E-state index contributed by atoms with van der Waals surface area (Å²) in [5.41, 5.74) is 0.851. The number of allylic oxidation sites excluding steroid dienone is 1. The van der Waals surface area contributed by atoms with E-state index in [0.717, 1.165) is 17.0 Å². The summed E-state index contributed by atoms with van der Waals surface area (Å²) in [5.74, 6) is 0.885. The van der Waals surface area contributed by atoms with Crippen molar-refractivity contribution in [3.8, 4) is 10.4 Å². The fourth-order valence-electron chi connectivity index (χ4n) is 2.78. The molecule has 27 heavy (non-hydrogen) atoms. The number of amides is 1. The molecule has 0 aromatic carbocycles. The molecule has 1 fully saturated rings. The Bertz CT molecular complexity index is 1030. The zero-order valence-electron chi connectivity index (χ0n) is 14.6. The number of carbonyl (C=O) groups is 1. The highest BCUT2D eigenvalue weighted by Crippen LogP contribution is 2.34. The molecular weight excluding hydrogens is 398 g/mol. The highest BCUT2D eigenvalue weighted by atomic mass is 32.2. The van der Waals surface area contributed by atoms with Crippen LogP contribution in [0.2, 0.25) is 0 Å². The second kappa shape index (κ2) is 8.00. The van der Waals surface area contributed by atoms with E-state index < -0.39 is 0 Å². The summed E-state index contributed by atoms with van der Waals surface area (Å²) < 4.78 is 1.61. The van der Waals surface area contributed by atoms with Gasteiger partial charge in [-0.25, -0.2) is 4.98 Å². The van der Waals surface area contributed by atoms with E-state index in [0.29, 0.717) is 27.8 Å². The molecule has 0 saturated heterocycles. The number of aromatic nitrogens is 2. The number of nitrogens with zero attached hydrogens (tertiary/aromatic N) is 2. The molecule has 1 N–H and O–H groups in total. The van der Waals surface area contributed by atoms with Crippen LogP contribution in [-0.2, 0) is 11.3 Å². The van der Waals surface area contributed by atoms with Gasteiger partial charge in [0.25, 0.3) is 5.56 Å². The molecule has 0 radical (unpaired) electrons. The topological polar surface area (TPSA) is 64.0 Å². The minimum absolute atomic E-state index is 0.0168. The summed E-state index contributed by atoms with van der Waals surface area (Å²) in [6.45, 7) is 4.88. The molecule has 0 spiro atoms. The Balaban J connectivity index is 1.63. The predicted molar refractivity (Wildman–Crippen MR) is 114 cm³/mol. The average molecular weight is 418 g/mol. The summed E-state index contributed by atoms with van der Waals surface area (Å²) in [6.07, 6.45) is 4.09. The maximum absolute atomic E-state index is 13.2. The molecule has 3 heterocycles. The van der Waals surface area contributed by atoms with E-state index in [1.54, 1.807) is 22.0 Å². The van der Waals surface area contributed by atoms with Gasteiger partial charge in [-0.15, -0.1) is 29.3 Å². The largest absolute Gasteiger partial charge is 0.355 e. The summed E-state index contributed by atoms with van der Waals surface area (Å²) in [6, 6.07) is 3.99. The molecule has 1 amide bonds. The Hall–Kier alpha value is -1.90. The minimum Gasteiger partial charge on any atom is -0.355 e. The highest BCUT2D eigenvalue weighted by Gasteiger charge is 2.22. The number of nitrogens with one attached hydrogen (secondary N) is 1. The second-order valence-corrected chi connectivity index (χ2v) is 9.19. The van der Waals surface area contributed by atoms with Crippen molar-refractivity contribution in [3.63, 3.8) is 0 Å². The lowest BCUT2D eigenvalue weighted by Crippen LogP contribution is -2.28. The lowest BCUT2D eigenvalue weighted by molar-refractivity contribution is -0.118. The van der Waals surface area contributed by atoms with Crippen molar-refractivity contribution >= 4 is 50.6 Å². The van der Waals surface area contributed by atoms with Crippen molar-refractivity contribution in [1.82, 2.24) is 14.9 Å². The van der Waals surface area contributed by atoms with Crippen LogP contribution in [0.15, 0.2) is 45.5 Å². The van der Waals surface area contributed by atoms with Crippen molar-refractivity contribution < 1.29 is 4.79 Å². The van der Waals surface area contributed by atoms with Gasteiger partial charge in [0.15, 0.2) is 5.16 Å². The van der Waals surface area contributed by atoms with Crippen molar-refractivity contribution in [3.05, 3.63) is 45.9 Å². The first kappa shape index (κ1) is 18.5. The first-order chi connectivity index (χ1) is 13.2.